The van der Waals surface area contributed by atoms with Crippen molar-refractivity contribution >= 4 is 56.4 Å². The number of benzene rings is 2. The van der Waals surface area contributed by atoms with Gasteiger partial charge in [-0.1, -0.05) is 34.8 Å². The van der Waals surface area contributed by atoms with Crippen LogP contribution in [0, 0.1) is 5.92 Å². The molecule has 0 aromatic heterocycles. The number of halogens is 3. The van der Waals surface area contributed by atoms with Crippen LogP contribution in [0.5, 0.6) is 5.75 Å². The van der Waals surface area contributed by atoms with E-state index in [1.807, 2.05) is 0 Å². The second kappa shape index (κ2) is 9.75. The number of nitrogens with zero attached hydrogens (tertiary/aromatic N) is 1. The highest BCUT2D eigenvalue weighted by molar-refractivity contribution is 7.89. The van der Waals surface area contributed by atoms with Gasteiger partial charge in [0.1, 0.15) is 10.6 Å². The Balaban J connectivity index is 1.70. The minimum atomic E-state index is -3.80. The maximum Gasteiger partial charge on any atom is 0.246 e. The normalized spacial score (nSPS) is 15.7. The van der Waals surface area contributed by atoms with Crippen LogP contribution < -0.4 is 10.1 Å². The summed E-state index contributed by atoms with van der Waals surface area (Å²) in [5.41, 5.74) is 0.435. The molecule has 1 N–H and O–H groups in total. The second-order valence-electron chi connectivity index (χ2n) is 6.82. The van der Waals surface area contributed by atoms with Crippen LogP contribution in [0.2, 0.25) is 15.1 Å². The van der Waals surface area contributed by atoms with E-state index < -0.39 is 10.0 Å². The number of carbonyl (C=O) groups is 1. The highest BCUT2D eigenvalue weighted by atomic mass is 35.5. The summed E-state index contributed by atoms with van der Waals surface area (Å²) in [6.45, 7) is 2.53. The molecule has 1 amide bonds. The zero-order chi connectivity index (χ0) is 21.9. The molecule has 162 valence electrons. The number of hydrogen-bond donors (Lipinski definition) is 1. The monoisotopic (exact) mass is 490 g/mol. The van der Waals surface area contributed by atoms with E-state index in [1.165, 1.54) is 10.4 Å². The molecule has 0 atom stereocenters. The molecule has 30 heavy (non-hydrogen) atoms. The fourth-order valence-corrected chi connectivity index (χ4v) is 5.48. The van der Waals surface area contributed by atoms with Gasteiger partial charge in [-0.25, -0.2) is 8.42 Å². The molecule has 0 radical (unpaired) electrons. The van der Waals surface area contributed by atoms with Gasteiger partial charge in [0.15, 0.2) is 0 Å². The van der Waals surface area contributed by atoms with Crippen molar-refractivity contribution in [2.45, 2.75) is 24.7 Å². The van der Waals surface area contributed by atoms with E-state index in [0.29, 0.717) is 40.2 Å². The Morgan fingerprint density at radius 2 is 1.73 bits per heavy atom. The van der Waals surface area contributed by atoms with E-state index in [2.05, 4.69) is 5.32 Å². The third-order valence-corrected chi connectivity index (χ3v) is 7.55. The van der Waals surface area contributed by atoms with Gasteiger partial charge in [0, 0.05) is 29.1 Å². The number of nitrogens with one attached hydrogen (secondary N) is 1. The molecule has 1 saturated heterocycles. The quantitative estimate of drug-likeness (QED) is 0.611. The first-order chi connectivity index (χ1) is 14.2. The lowest BCUT2D eigenvalue weighted by Crippen LogP contribution is -2.41. The zero-order valence-corrected chi connectivity index (χ0v) is 19.3. The van der Waals surface area contributed by atoms with Crippen molar-refractivity contribution in [3.05, 3.63) is 51.5 Å². The summed E-state index contributed by atoms with van der Waals surface area (Å²) in [5.74, 6) is -0.288. The molecular formula is C20H21Cl3N2O4S. The number of rotatable bonds is 6. The highest BCUT2D eigenvalue weighted by Gasteiger charge is 2.34. The molecule has 1 heterocycles. The Morgan fingerprint density at radius 3 is 2.40 bits per heavy atom. The van der Waals surface area contributed by atoms with E-state index in [4.69, 9.17) is 39.5 Å². The third-order valence-electron chi connectivity index (χ3n) is 4.83. The van der Waals surface area contributed by atoms with E-state index >= 15 is 0 Å². The number of hydrogen-bond acceptors (Lipinski definition) is 4. The smallest absolute Gasteiger partial charge is 0.246 e. The summed E-state index contributed by atoms with van der Waals surface area (Å²) < 4.78 is 33.1. The lowest BCUT2D eigenvalue weighted by Gasteiger charge is -2.31. The molecule has 1 aliphatic heterocycles. The van der Waals surface area contributed by atoms with Crippen molar-refractivity contribution in [1.29, 1.82) is 0 Å². The maximum absolute atomic E-state index is 13.1. The van der Waals surface area contributed by atoms with Crippen molar-refractivity contribution in [2.75, 3.05) is 25.0 Å². The van der Waals surface area contributed by atoms with Crippen LogP contribution in [0.15, 0.2) is 41.3 Å². The summed E-state index contributed by atoms with van der Waals surface area (Å²) >= 11 is 18.1. The molecular weight excluding hydrogens is 471 g/mol. The summed E-state index contributed by atoms with van der Waals surface area (Å²) in [7, 11) is -3.80. The predicted octanol–water partition coefficient (Wildman–Crippen LogP) is 5.08. The Morgan fingerprint density at radius 1 is 1.10 bits per heavy atom. The van der Waals surface area contributed by atoms with E-state index in [1.54, 1.807) is 37.3 Å². The van der Waals surface area contributed by atoms with Crippen LogP contribution in [0.1, 0.15) is 19.8 Å². The molecule has 1 fully saturated rings. The van der Waals surface area contributed by atoms with Gasteiger partial charge in [-0.15, -0.1) is 0 Å². The van der Waals surface area contributed by atoms with Crippen LogP contribution in [0.3, 0.4) is 0 Å². The van der Waals surface area contributed by atoms with Crippen LogP contribution in [0.4, 0.5) is 5.69 Å². The Labute approximate surface area is 191 Å². The summed E-state index contributed by atoms with van der Waals surface area (Å²) in [4.78, 5) is 12.7. The third kappa shape index (κ3) is 5.21. The van der Waals surface area contributed by atoms with Crippen molar-refractivity contribution in [2.24, 2.45) is 5.92 Å². The predicted molar refractivity (Wildman–Crippen MR) is 119 cm³/mol. The van der Waals surface area contributed by atoms with E-state index in [0.717, 1.165) is 0 Å². The van der Waals surface area contributed by atoms with Gasteiger partial charge in [-0.3, -0.25) is 4.79 Å². The van der Waals surface area contributed by atoms with E-state index in [-0.39, 0.29) is 35.6 Å². The Hall–Kier alpha value is -1.51. The van der Waals surface area contributed by atoms with Crippen molar-refractivity contribution in [1.82, 2.24) is 4.31 Å². The van der Waals surface area contributed by atoms with Crippen LogP contribution in [0.25, 0.3) is 0 Å². The second-order valence-corrected chi connectivity index (χ2v) is 10.0. The first kappa shape index (κ1) is 23.2. The standard InChI is InChI=1S/C20H21Cl3N2O4S/c1-2-29-18-6-4-15(22)12-19(18)30(27,28)25-9-7-13(8-10-25)20(26)24-17-11-14(21)3-5-16(17)23/h3-6,11-13H,2,7-10H2,1H3,(H,24,26). The van der Waals surface area contributed by atoms with Gasteiger partial charge < -0.3 is 10.1 Å². The maximum atomic E-state index is 13.1. The largest absolute Gasteiger partial charge is 0.492 e. The number of sulfonamides is 1. The first-order valence-corrected chi connectivity index (χ1v) is 12.0. The average molecular weight is 492 g/mol. The molecule has 2 aromatic rings. The van der Waals surface area contributed by atoms with Crippen molar-refractivity contribution in [3.8, 4) is 5.75 Å². The lowest BCUT2D eigenvalue weighted by molar-refractivity contribution is -0.120. The van der Waals surface area contributed by atoms with Crippen LogP contribution in [-0.2, 0) is 14.8 Å². The lowest BCUT2D eigenvalue weighted by atomic mass is 9.97. The number of amides is 1. The molecule has 0 saturated carbocycles. The van der Waals surface area contributed by atoms with Gasteiger partial charge in [-0.05, 0) is 56.2 Å². The van der Waals surface area contributed by atoms with Crippen molar-refractivity contribution < 1.29 is 17.9 Å². The fraction of sp³-hybridized carbons (Fsp3) is 0.350. The summed E-state index contributed by atoms with van der Waals surface area (Å²) in [6, 6.07) is 9.35. The number of ether oxygens (including phenoxy) is 1. The number of anilines is 1. The first-order valence-electron chi connectivity index (χ1n) is 9.40. The summed E-state index contributed by atoms with van der Waals surface area (Å²) in [5, 5.41) is 3.94. The minimum Gasteiger partial charge on any atom is -0.492 e. The van der Waals surface area contributed by atoms with Gasteiger partial charge in [0.2, 0.25) is 15.9 Å². The minimum absolute atomic E-state index is 0.0328. The van der Waals surface area contributed by atoms with E-state index in [9.17, 15) is 13.2 Å². The molecule has 0 bridgehead atoms. The van der Waals surface area contributed by atoms with Crippen LogP contribution in [-0.4, -0.2) is 38.3 Å². The van der Waals surface area contributed by atoms with Crippen molar-refractivity contribution in [3.63, 3.8) is 0 Å². The fourth-order valence-electron chi connectivity index (χ4n) is 3.28. The molecule has 0 unspecified atom stereocenters. The Bertz CT molecular complexity index is 1040. The van der Waals surface area contributed by atoms with Gasteiger partial charge >= 0.3 is 0 Å². The molecule has 2 aromatic carbocycles. The summed E-state index contributed by atoms with van der Waals surface area (Å²) in [6.07, 6.45) is 0.765. The Kier molecular flexibility index (Phi) is 7.52. The molecule has 10 heteroatoms. The van der Waals surface area contributed by atoms with Gasteiger partial charge in [0.25, 0.3) is 0 Å². The van der Waals surface area contributed by atoms with Gasteiger partial charge in [-0.2, -0.15) is 4.31 Å². The molecule has 1 aliphatic rings. The zero-order valence-electron chi connectivity index (χ0n) is 16.2. The number of piperidine rings is 1. The van der Waals surface area contributed by atoms with Crippen LogP contribution >= 0.6 is 34.8 Å². The number of carbonyl (C=O) groups excluding carboxylic acids is 1. The molecule has 0 aliphatic carbocycles. The van der Waals surface area contributed by atoms with Gasteiger partial charge in [0.05, 0.1) is 17.3 Å². The average Bonchev–Trinajstić information content (AvgIpc) is 2.72. The molecule has 0 spiro atoms. The topological polar surface area (TPSA) is 75.7 Å². The SMILES string of the molecule is CCOc1ccc(Cl)cc1S(=O)(=O)N1CCC(C(=O)Nc2cc(Cl)ccc2Cl)CC1. The highest BCUT2D eigenvalue weighted by Crippen LogP contribution is 2.33. The molecule has 3 rings (SSSR count). The molecule has 6 nitrogen and oxygen atoms in total.